The SMILES string of the molecule is O=C(Nc1c[nH]c2ncc(Br)c(N3CCC[C@@H](CCC4CC4)C3)c12)c1cccnc1. The molecule has 4 heterocycles. The number of piperidine rings is 1. The molecule has 1 atom stereocenters. The zero-order valence-corrected chi connectivity index (χ0v) is 18.5. The van der Waals surface area contributed by atoms with Crippen LogP contribution in [-0.4, -0.2) is 33.9 Å². The minimum atomic E-state index is -0.170. The molecule has 5 rings (SSSR count). The Morgan fingerprint density at radius 2 is 2.10 bits per heavy atom. The number of amides is 1. The fourth-order valence-electron chi connectivity index (χ4n) is 4.54. The molecule has 1 saturated carbocycles. The van der Waals surface area contributed by atoms with Crippen molar-refractivity contribution >= 4 is 44.2 Å². The number of nitrogens with zero attached hydrogens (tertiary/aromatic N) is 3. The van der Waals surface area contributed by atoms with Gasteiger partial charge in [-0.05, 0) is 59.2 Å². The molecule has 156 valence electrons. The molecule has 0 aromatic carbocycles. The summed E-state index contributed by atoms with van der Waals surface area (Å²) in [7, 11) is 0. The molecule has 0 radical (unpaired) electrons. The smallest absolute Gasteiger partial charge is 0.257 e. The lowest BCUT2D eigenvalue weighted by Crippen LogP contribution is -2.35. The summed E-state index contributed by atoms with van der Waals surface area (Å²) in [6.45, 7) is 2.09. The number of nitrogens with one attached hydrogen (secondary N) is 2. The van der Waals surface area contributed by atoms with Crippen LogP contribution in [0, 0.1) is 11.8 Å². The van der Waals surface area contributed by atoms with Crippen LogP contribution in [0.5, 0.6) is 0 Å². The first kappa shape index (κ1) is 19.5. The maximum absolute atomic E-state index is 12.7. The molecule has 3 aromatic rings. The Balaban J connectivity index is 1.43. The molecular weight excluding hydrogens is 442 g/mol. The van der Waals surface area contributed by atoms with Crippen molar-refractivity contribution in [3.8, 4) is 0 Å². The van der Waals surface area contributed by atoms with Gasteiger partial charge in [0.25, 0.3) is 5.91 Å². The van der Waals surface area contributed by atoms with E-state index < -0.39 is 0 Å². The van der Waals surface area contributed by atoms with E-state index >= 15 is 0 Å². The zero-order valence-electron chi connectivity index (χ0n) is 16.9. The van der Waals surface area contributed by atoms with Crippen molar-refractivity contribution in [2.45, 2.75) is 38.5 Å². The fourth-order valence-corrected chi connectivity index (χ4v) is 5.09. The Morgan fingerprint density at radius 3 is 2.90 bits per heavy atom. The van der Waals surface area contributed by atoms with Gasteiger partial charge < -0.3 is 15.2 Å². The van der Waals surface area contributed by atoms with Gasteiger partial charge in [0.1, 0.15) is 5.65 Å². The van der Waals surface area contributed by atoms with Gasteiger partial charge in [-0.1, -0.05) is 19.3 Å². The van der Waals surface area contributed by atoms with Crippen molar-refractivity contribution in [3.63, 3.8) is 0 Å². The fraction of sp³-hybridized carbons (Fsp3) is 0.435. The van der Waals surface area contributed by atoms with E-state index in [2.05, 4.69) is 41.1 Å². The van der Waals surface area contributed by atoms with E-state index in [1.165, 1.54) is 38.5 Å². The van der Waals surface area contributed by atoms with Gasteiger partial charge in [0.05, 0.1) is 26.8 Å². The van der Waals surface area contributed by atoms with Crippen LogP contribution in [0.4, 0.5) is 11.4 Å². The van der Waals surface area contributed by atoms with Crippen molar-refractivity contribution in [3.05, 3.63) is 47.0 Å². The molecule has 1 aliphatic carbocycles. The average molecular weight is 468 g/mol. The zero-order chi connectivity index (χ0) is 20.5. The number of carbonyl (C=O) groups excluding carboxylic acids is 1. The lowest BCUT2D eigenvalue weighted by molar-refractivity contribution is 0.102. The van der Waals surface area contributed by atoms with E-state index in [-0.39, 0.29) is 5.91 Å². The molecule has 0 bridgehead atoms. The first-order valence-corrected chi connectivity index (χ1v) is 11.6. The van der Waals surface area contributed by atoms with Crippen LogP contribution >= 0.6 is 15.9 Å². The average Bonchev–Trinajstić information content (AvgIpc) is 3.53. The summed E-state index contributed by atoms with van der Waals surface area (Å²) in [5, 5.41) is 4.01. The molecule has 6 nitrogen and oxygen atoms in total. The van der Waals surface area contributed by atoms with Gasteiger partial charge in [-0.15, -0.1) is 0 Å². The van der Waals surface area contributed by atoms with Crippen LogP contribution in [0.25, 0.3) is 11.0 Å². The predicted molar refractivity (Wildman–Crippen MR) is 123 cm³/mol. The highest BCUT2D eigenvalue weighted by atomic mass is 79.9. The third-order valence-electron chi connectivity index (χ3n) is 6.32. The number of rotatable bonds is 6. The normalized spacial score (nSPS) is 19.2. The number of anilines is 2. The van der Waals surface area contributed by atoms with Gasteiger partial charge in [0, 0.05) is 37.9 Å². The first-order chi connectivity index (χ1) is 14.7. The number of H-pyrrole nitrogens is 1. The Morgan fingerprint density at radius 1 is 1.23 bits per heavy atom. The number of fused-ring (bicyclic) bond motifs is 1. The highest BCUT2D eigenvalue weighted by Crippen LogP contribution is 2.41. The lowest BCUT2D eigenvalue weighted by atomic mass is 9.92. The molecular formula is C23H26BrN5O. The number of pyridine rings is 2. The first-order valence-electron chi connectivity index (χ1n) is 10.8. The van der Waals surface area contributed by atoms with E-state index in [4.69, 9.17) is 0 Å². The van der Waals surface area contributed by atoms with Gasteiger partial charge in [-0.3, -0.25) is 9.78 Å². The summed E-state index contributed by atoms with van der Waals surface area (Å²) in [4.78, 5) is 27.0. The monoisotopic (exact) mass is 467 g/mol. The third kappa shape index (κ3) is 4.08. The Labute approximate surface area is 184 Å². The van der Waals surface area contributed by atoms with Gasteiger partial charge >= 0.3 is 0 Å². The number of hydrogen-bond acceptors (Lipinski definition) is 4. The number of aromatic nitrogens is 3. The molecule has 2 aliphatic rings. The van der Waals surface area contributed by atoms with Crippen molar-refractivity contribution in [1.82, 2.24) is 15.0 Å². The van der Waals surface area contributed by atoms with E-state index in [0.29, 0.717) is 5.56 Å². The lowest BCUT2D eigenvalue weighted by Gasteiger charge is -2.35. The van der Waals surface area contributed by atoms with Crippen LogP contribution in [0.2, 0.25) is 0 Å². The van der Waals surface area contributed by atoms with Crippen LogP contribution in [-0.2, 0) is 0 Å². The van der Waals surface area contributed by atoms with Crippen molar-refractivity contribution < 1.29 is 4.79 Å². The molecule has 1 amide bonds. The van der Waals surface area contributed by atoms with Crippen LogP contribution in [0.15, 0.2) is 41.4 Å². The summed E-state index contributed by atoms with van der Waals surface area (Å²) in [6.07, 6.45) is 15.0. The van der Waals surface area contributed by atoms with E-state index in [9.17, 15) is 4.79 Å². The molecule has 0 unspecified atom stereocenters. The van der Waals surface area contributed by atoms with Crippen molar-refractivity contribution in [2.24, 2.45) is 11.8 Å². The summed E-state index contributed by atoms with van der Waals surface area (Å²) in [5.74, 6) is 1.55. The summed E-state index contributed by atoms with van der Waals surface area (Å²) in [6, 6.07) is 3.53. The number of hydrogen-bond donors (Lipinski definition) is 2. The largest absolute Gasteiger partial charge is 0.370 e. The number of halogens is 1. The van der Waals surface area contributed by atoms with Crippen LogP contribution < -0.4 is 10.2 Å². The molecule has 1 saturated heterocycles. The second kappa shape index (κ2) is 8.38. The van der Waals surface area contributed by atoms with Crippen LogP contribution in [0.3, 0.4) is 0 Å². The summed E-state index contributed by atoms with van der Waals surface area (Å²) < 4.78 is 0.967. The molecule has 1 aliphatic heterocycles. The Bertz CT molecular complexity index is 1050. The summed E-state index contributed by atoms with van der Waals surface area (Å²) in [5.41, 5.74) is 3.20. The van der Waals surface area contributed by atoms with E-state index in [0.717, 1.165) is 51.8 Å². The molecule has 2 fully saturated rings. The Hall–Kier alpha value is -2.41. The van der Waals surface area contributed by atoms with E-state index in [1.54, 1.807) is 24.5 Å². The highest BCUT2D eigenvalue weighted by molar-refractivity contribution is 9.10. The van der Waals surface area contributed by atoms with Crippen LogP contribution in [0.1, 0.15) is 48.9 Å². The predicted octanol–water partition coefficient (Wildman–Crippen LogP) is 5.38. The topological polar surface area (TPSA) is 73.9 Å². The second-order valence-corrected chi connectivity index (χ2v) is 9.41. The molecule has 30 heavy (non-hydrogen) atoms. The van der Waals surface area contributed by atoms with Crippen molar-refractivity contribution in [2.75, 3.05) is 23.3 Å². The van der Waals surface area contributed by atoms with Crippen molar-refractivity contribution in [1.29, 1.82) is 0 Å². The van der Waals surface area contributed by atoms with Gasteiger partial charge in [-0.25, -0.2) is 4.98 Å². The number of aromatic amines is 1. The molecule has 7 heteroatoms. The molecule has 3 aromatic heterocycles. The minimum Gasteiger partial charge on any atom is -0.370 e. The molecule has 0 spiro atoms. The highest BCUT2D eigenvalue weighted by Gasteiger charge is 2.28. The van der Waals surface area contributed by atoms with Gasteiger partial charge in [0.15, 0.2) is 0 Å². The van der Waals surface area contributed by atoms with Gasteiger partial charge in [-0.2, -0.15) is 0 Å². The second-order valence-electron chi connectivity index (χ2n) is 8.55. The maximum atomic E-state index is 12.7. The van der Waals surface area contributed by atoms with E-state index in [1.807, 2.05) is 12.4 Å². The number of carbonyl (C=O) groups is 1. The Kier molecular flexibility index (Phi) is 5.46. The summed E-state index contributed by atoms with van der Waals surface area (Å²) >= 11 is 3.73. The maximum Gasteiger partial charge on any atom is 0.257 e. The van der Waals surface area contributed by atoms with Gasteiger partial charge in [0.2, 0.25) is 0 Å². The quantitative estimate of drug-likeness (QED) is 0.510. The third-order valence-corrected chi connectivity index (χ3v) is 6.90. The standard InChI is InChI=1S/C23H26BrN5O/c24-18-12-26-22-20(19(13-27-22)28-23(30)17-4-1-9-25-11-17)21(18)29-10-2-3-16(14-29)8-7-15-5-6-15/h1,4,9,11-13,15-16H,2-3,5-8,10,14H2,(H,26,27)(H,28,30)/t16-/m0/s1. The minimum absolute atomic E-state index is 0.170. The molecule has 2 N–H and O–H groups in total.